The average molecular weight is 803 g/mol. The Hall–Kier alpha value is -3.83. The Balaban J connectivity index is 1.80. The van der Waals surface area contributed by atoms with Crippen molar-refractivity contribution in [3.8, 4) is 0 Å². The van der Waals surface area contributed by atoms with Gasteiger partial charge in [0.25, 0.3) is 34.4 Å². The van der Waals surface area contributed by atoms with Crippen LogP contribution >= 0.6 is 0 Å². The second-order valence-corrected chi connectivity index (χ2v) is 23.7. The van der Waals surface area contributed by atoms with E-state index in [2.05, 4.69) is 32.4 Å². The van der Waals surface area contributed by atoms with Crippen LogP contribution in [0.1, 0.15) is 70.2 Å². The molecule has 0 spiro atoms. The van der Waals surface area contributed by atoms with Crippen LogP contribution < -0.4 is 10.4 Å². The molecule has 0 saturated carbocycles. The molecule has 296 valence electrons. The van der Waals surface area contributed by atoms with Gasteiger partial charge in [-0.15, -0.1) is 6.58 Å². The lowest BCUT2D eigenvalue weighted by Crippen LogP contribution is -2.68. The zero-order valence-corrected chi connectivity index (χ0v) is 35.5. The molecule has 4 rings (SSSR count). The Morgan fingerprint density at radius 3 is 1.96 bits per heavy atom. The molecule has 0 N–H and O–H groups in total. The third kappa shape index (κ3) is 9.69. The van der Waals surface area contributed by atoms with Crippen LogP contribution in [0, 0.1) is 5.92 Å². The Morgan fingerprint density at radius 2 is 1.52 bits per heavy atom. The molecule has 0 aliphatic carbocycles. The SMILES string of the molecule is C=C[C@H](O[Si](c1ccccc1)(c1ccccc1)C(C)(C)C)[C@@H](COS(C)(=O)=O)CN(C)C(=O)c1c2c(nn1S(C)(=O)=O)C[C@@H](C)N(C(=O)OC(C)(C)C)C2. The van der Waals surface area contributed by atoms with Gasteiger partial charge in [0, 0.05) is 37.5 Å². The maximum atomic E-state index is 14.5. The van der Waals surface area contributed by atoms with E-state index >= 15 is 0 Å². The fraction of sp³-hybridized carbons (Fsp3) is 0.500. The van der Waals surface area contributed by atoms with Crippen LogP contribution in [0.2, 0.25) is 5.04 Å². The van der Waals surface area contributed by atoms with E-state index in [0.717, 1.165) is 22.9 Å². The van der Waals surface area contributed by atoms with Crippen molar-refractivity contribution >= 4 is 50.8 Å². The topological polar surface area (TPSA) is 154 Å². The van der Waals surface area contributed by atoms with Crippen molar-refractivity contribution in [2.45, 2.75) is 84.2 Å². The molecule has 2 heterocycles. The van der Waals surface area contributed by atoms with Gasteiger partial charge >= 0.3 is 6.09 Å². The van der Waals surface area contributed by atoms with Gasteiger partial charge in [-0.2, -0.15) is 17.6 Å². The van der Waals surface area contributed by atoms with Crippen molar-refractivity contribution in [2.75, 3.05) is 32.7 Å². The summed E-state index contributed by atoms with van der Waals surface area (Å²) in [6.07, 6.45) is 2.23. The van der Waals surface area contributed by atoms with Crippen molar-refractivity contribution in [1.82, 2.24) is 19.0 Å². The normalized spacial score (nSPS) is 16.6. The molecule has 3 atom stereocenters. The highest BCUT2D eigenvalue weighted by atomic mass is 32.2. The fourth-order valence-electron chi connectivity index (χ4n) is 6.84. The van der Waals surface area contributed by atoms with Crippen LogP contribution in [0.5, 0.6) is 0 Å². The number of amides is 2. The predicted molar refractivity (Wildman–Crippen MR) is 211 cm³/mol. The van der Waals surface area contributed by atoms with E-state index in [1.54, 1.807) is 33.8 Å². The van der Waals surface area contributed by atoms with Crippen LogP contribution in [0.25, 0.3) is 0 Å². The number of ether oxygens (including phenoxy) is 1. The summed E-state index contributed by atoms with van der Waals surface area (Å²) in [6.45, 7) is 16.8. The lowest BCUT2D eigenvalue weighted by Gasteiger charge is -2.46. The summed E-state index contributed by atoms with van der Waals surface area (Å²) < 4.78 is 70.0. The molecule has 3 aromatic rings. The van der Waals surface area contributed by atoms with E-state index in [0.29, 0.717) is 9.78 Å². The number of fused-ring (bicyclic) bond motifs is 1. The first-order chi connectivity index (χ1) is 24.9. The Kier molecular flexibility index (Phi) is 12.8. The van der Waals surface area contributed by atoms with Gasteiger partial charge in [-0.1, -0.05) is 87.5 Å². The molecule has 2 aromatic carbocycles. The Bertz CT molecular complexity index is 2000. The van der Waals surface area contributed by atoms with Gasteiger partial charge in [0.15, 0.2) is 0 Å². The highest BCUT2D eigenvalue weighted by molar-refractivity contribution is 7.89. The predicted octanol–water partition coefficient (Wildman–Crippen LogP) is 4.17. The standard InChI is InChI=1S/C38H54N4O9S2Si/c1-12-33(51-54(38(6,7)8,29-19-15-13-16-20-29)30-21-17-14-18-22-30)28(26-49-53(11,47)48)24-40(9)35(43)34-31-25-41(36(44)50-37(3,4)5)27(2)23-32(31)39-42(34)52(10,45)46/h12-22,27-28,33H,1,23-26H2,2-11H3/t27-,28-,33+/m1/s1. The minimum atomic E-state index is -4.09. The summed E-state index contributed by atoms with van der Waals surface area (Å²) in [6, 6.07) is 19.4. The Labute approximate surface area is 321 Å². The molecule has 13 nitrogen and oxygen atoms in total. The van der Waals surface area contributed by atoms with Gasteiger partial charge in [-0.3, -0.25) is 8.98 Å². The number of benzene rings is 2. The number of nitrogens with zero attached hydrogens (tertiary/aromatic N) is 4. The van der Waals surface area contributed by atoms with Crippen molar-refractivity contribution < 1.29 is 39.8 Å². The molecule has 1 aromatic heterocycles. The number of hydrogen-bond donors (Lipinski definition) is 0. The summed E-state index contributed by atoms with van der Waals surface area (Å²) in [5, 5.41) is 5.87. The van der Waals surface area contributed by atoms with E-state index in [4.69, 9.17) is 13.3 Å². The van der Waals surface area contributed by atoms with Gasteiger partial charge in [-0.25, -0.2) is 13.2 Å². The average Bonchev–Trinajstić information content (AvgIpc) is 3.44. The quantitative estimate of drug-likeness (QED) is 0.140. The van der Waals surface area contributed by atoms with Gasteiger partial charge in [0.05, 0.1) is 37.5 Å². The molecule has 2 amide bonds. The number of carbonyl (C=O) groups is 2. The molecule has 16 heteroatoms. The molecule has 0 fully saturated rings. The number of hydrogen-bond acceptors (Lipinski definition) is 10. The molecule has 0 saturated heterocycles. The first kappa shape index (κ1) is 42.9. The highest BCUT2D eigenvalue weighted by Crippen LogP contribution is 2.39. The molecular formula is C38H54N4O9S2Si. The van der Waals surface area contributed by atoms with Gasteiger partial charge in [0.2, 0.25) is 0 Å². The third-order valence-electron chi connectivity index (χ3n) is 9.31. The molecule has 0 unspecified atom stereocenters. The maximum Gasteiger partial charge on any atom is 0.410 e. The van der Waals surface area contributed by atoms with Crippen molar-refractivity contribution in [1.29, 1.82) is 0 Å². The summed E-state index contributed by atoms with van der Waals surface area (Å²) in [5.41, 5.74) is -0.343. The maximum absolute atomic E-state index is 14.5. The van der Waals surface area contributed by atoms with Crippen LogP contribution in [0.4, 0.5) is 4.79 Å². The van der Waals surface area contributed by atoms with Gasteiger partial charge in [-0.05, 0) is 43.1 Å². The molecule has 0 radical (unpaired) electrons. The summed E-state index contributed by atoms with van der Waals surface area (Å²) in [7, 11) is -9.75. The van der Waals surface area contributed by atoms with E-state index in [9.17, 15) is 26.4 Å². The monoisotopic (exact) mass is 802 g/mol. The van der Waals surface area contributed by atoms with E-state index < -0.39 is 63.1 Å². The second kappa shape index (κ2) is 16.1. The first-order valence-corrected chi connectivity index (χ1v) is 23.3. The van der Waals surface area contributed by atoms with Crippen LogP contribution in [0.15, 0.2) is 73.3 Å². The second-order valence-electron chi connectivity index (χ2n) is 16.0. The van der Waals surface area contributed by atoms with Gasteiger partial charge < -0.3 is 19.0 Å². The number of aromatic nitrogens is 2. The smallest absolute Gasteiger partial charge is 0.410 e. The summed E-state index contributed by atoms with van der Waals surface area (Å²) in [4.78, 5) is 30.5. The van der Waals surface area contributed by atoms with E-state index in [1.165, 1.54) is 16.8 Å². The summed E-state index contributed by atoms with van der Waals surface area (Å²) in [5.74, 6) is -1.50. The van der Waals surface area contributed by atoms with Crippen molar-refractivity contribution in [2.24, 2.45) is 5.92 Å². The number of carbonyl (C=O) groups excluding carboxylic acids is 2. The first-order valence-electron chi connectivity index (χ1n) is 17.7. The zero-order chi connectivity index (χ0) is 40.4. The molecule has 54 heavy (non-hydrogen) atoms. The lowest BCUT2D eigenvalue weighted by atomic mass is 9.99. The third-order valence-corrected chi connectivity index (χ3v) is 15.8. The van der Waals surface area contributed by atoms with Crippen LogP contribution in [-0.2, 0) is 46.5 Å². The highest BCUT2D eigenvalue weighted by Gasteiger charge is 2.52. The minimum Gasteiger partial charge on any atom is -0.444 e. The van der Waals surface area contributed by atoms with Crippen LogP contribution in [0.3, 0.4) is 0 Å². The number of rotatable bonds is 13. The van der Waals surface area contributed by atoms with E-state index in [1.807, 2.05) is 60.7 Å². The molecular weight excluding hydrogens is 749 g/mol. The van der Waals surface area contributed by atoms with E-state index in [-0.39, 0.29) is 43.4 Å². The fourth-order valence-corrected chi connectivity index (χ4v) is 12.7. The molecule has 1 aliphatic heterocycles. The summed E-state index contributed by atoms with van der Waals surface area (Å²) >= 11 is 0. The van der Waals surface area contributed by atoms with Crippen molar-refractivity contribution in [3.05, 3.63) is 90.3 Å². The van der Waals surface area contributed by atoms with Gasteiger partial charge in [0.1, 0.15) is 11.3 Å². The van der Waals surface area contributed by atoms with Crippen molar-refractivity contribution in [3.63, 3.8) is 0 Å². The largest absolute Gasteiger partial charge is 0.444 e. The minimum absolute atomic E-state index is 0.108. The molecule has 1 aliphatic rings. The lowest BCUT2D eigenvalue weighted by molar-refractivity contribution is 0.0135. The Morgan fingerprint density at radius 1 is 0.981 bits per heavy atom. The molecule has 0 bridgehead atoms. The van der Waals surface area contributed by atoms with Crippen LogP contribution in [-0.4, -0.2) is 107 Å². The zero-order valence-electron chi connectivity index (χ0n) is 32.9.